The van der Waals surface area contributed by atoms with Crippen molar-refractivity contribution in [1.29, 1.82) is 5.26 Å². The molecule has 0 aliphatic carbocycles. The quantitative estimate of drug-likeness (QED) is 0.291. The highest BCUT2D eigenvalue weighted by Gasteiger charge is 2.32. The van der Waals surface area contributed by atoms with E-state index in [2.05, 4.69) is 28.0 Å². The topological polar surface area (TPSA) is 177 Å². The molecule has 14 nitrogen and oxygen atoms in total. The Hall–Kier alpha value is -4.97. The van der Waals surface area contributed by atoms with Crippen LogP contribution < -0.4 is 4.90 Å². The molecule has 1 N–H and O–H groups in total. The maximum Gasteiger partial charge on any atom is 0.424 e. The van der Waals surface area contributed by atoms with Gasteiger partial charge in [-0.1, -0.05) is 0 Å². The third kappa shape index (κ3) is 6.32. The van der Waals surface area contributed by atoms with Gasteiger partial charge in [-0.15, -0.1) is 0 Å². The SMILES string of the molecule is C[C@@H]1CCCN1c1cc(-c2cnc3c(n2)c(-c2cnn(CCC#N)c2)cn3C(=O)O)cc(S(=O)(=O)N(C)C(=O)OC(C)(C)C)c1. The van der Waals surface area contributed by atoms with Crippen molar-refractivity contribution in [2.75, 3.05) is 18.5 Å². The van der Waals surface area contributed by atoms with Gasteiger partial charge < -0.3 is 14.7 Å². The maximum absolute atomic E-state index is 13.8. The number of anilines is 1. The first kappa shape index (κ1) is 31.5. The molecule has 3 aromatic heterocycles. The summed E-state index contributed by atoms with van der Waals surface area (Å²) in [5.74, 6) is 0. The second-order valence-electron chi connectivity index (χ2n) is 11.9. The molecular weight excluding hydrogens is 600 g/mol. The first-order valence-corrected chi connectivity index (χ1v) is 15.8. The molecule has 0 saturated carbocycles. The van der Waals surface area contributed by atoms with Gasteiger partial charge in [-0.05, 0) is 58.7 Å². The number of hydrogen-bond acceptors (Lipinski definition) is 10. The van der Waals surface area contributed by atoms with Crippen molar-refractivity contribution in [3.05, 3.63) is 43.0 Å². The summed E-state index contributed by atoms with van der Waals surface area (Å²) in [6.07, 6.45) is 5.89. The van der Waals surface area contributed by atoms with E-state index in [4.69, 9.17) is 15.0 Å². The molecule has 1 aliphatic heterocycles. The van der Waals surface area contributed by atoms with Gasteiger partial charge in [0.25, 0.3) is 10.0 Å². The fourth-order valence-corrected chi connectivity index (χ4v) is 6.32. The molecular formula is C30H34N8O6S. The number of hydrogen-bond donors (Lipinski definition) is 1. The third-order valence-electron chi connectivity index (χ3n) is 7.48. The number of carbonyl (C=O) groups excluding carboxylic acids is 1. The van der Waals surface area contributed by atoms with E-state index >= 15 is 0 Å². The Morgan fingerprint density at radius 3 is 2.58 bits per heavy atom. The van der Waals surface area contributed by atoms with Gasteiger partial charge in [-0.3, -0.25) is 4.68 Å². The van der Waals surface area contributed by atoms with Crippen LogP contribution in [-0.4, -0.2) is 79.6 Å². The normalized spacial score (nSPS) is 15.3. The van der Waals surface area contributed by atoms with Gasteiger partial charge in [0.2, 0.25) is 0 Å². The second kappa shape index (κ2) is 11.8. The molecule has 1 aromatic carbocycles. The largest absolute Gasteiger partial charge is 0.464 e. The number of carbonyl (C=O) groups is 2. The van der Waals surface area contributed by atoms with Crippen molar-refractivity contribution in [2.45, 2.75) is 70.0 Å². The molecule has 236 valence electrons. The Morgan fingerprint density at radius 2 is 1.93 bits per heavy atom. The van der Waals surface area contributed by atoms with E-state index in [-0.39, 0.29) is 28.5 Å². The highest BCUT2D eigenvalue weighted by Crippen LogP contribution is 2.35. The molecule has 4 aromatic rings. The Balaban J connectivity index is 1.65. The predicted octanol–water partition coefficient (Wildman–Crippen LogP) is 4.95. The van der Waals surface area contributed by atoms with Gasteiger partial charge in [-0.2, -0.15) is 10.4 Å². The van der Waals surface area contributed by atoms with E-state index in [1.54, 1.807) is 37.8 Å². The fraction of sp³-hybridized carbons (Fsp3) is 0.400. The molecule has 45 heavy (non-hydrogen) atoms. The number of carboxylic acid groups (broad SMARTS) is 1. The minimum Gasteiger partial charge on any atom is -0.464 e. The summed E-state index contributed by atoms with van der Waals surface area (Å²) in [7, 11) is -3.20. The molecule has 0 bridgehead atoms. The molecule has 1 saturated heterocycles. The second-order valence-corrected chi connectivity index (χ2v) is 13.8. The average molecular weight is 635 g/mol. The summed E-state index contributed by atoms with van der Waals surface area (Å²) in [5.41, 5.74) is 1.83. The molecule has 0 radical (unpaired) electrons. The van der Waals surface area contributed by atoms with Crippen LogP contribution in [0.3, 0.4) is 0 Å². The molecule has 0 unspecified atom stereocenters. The lowest BCUT2D eigenvalue weighted by molar-refractivity contribution is 0.0420. The highest BCUT2D eigenvalue weighted by molar-refractivity contribution is 7.89. The van der Waals surface area contributed by atoms with Gasteiger partial charge in [0.1, 0.15) is 11.1 Å². The standard InChI is InChI=1S/C30H34N8O6S/c1-19-8-6-11-37(19)22-12-20(13-23(14-22)45(42,43)35(5)29(41)44-30(2,3)4)25-16-32-27-26(34-25)24(18-38(27)28(39)40)21-15-33-36(17-21)10-7-9-31/h12-19H,6-8,10-11H2,1-5H3,(H,39,40)/t19-/m1/s1. The van der Waals surface area contributed by atoms with E-state index in [9.17, 15) is 23.1 Å². The zero-order chi connectivity index (χ0) is 32.7. The number of fused-ring (bicyclic) bond motifs is 1. The van der Waals surface area contributed by atoms with Crippen LogP contribution in [-0.2, 0) is 21.3 Å². The lowest BCUT2D eigenvalue weighted by atomic mass is 10.1. The van der Waals surface area contributed by atoms with Gasteiger partial charge >= 0.3 is 12.2 Å². The summed E-state index contributed by atoms with van der Waals surface area (Å²) >= 11 is 0. The number of benzene rings is 1. The van der Waals surface area contributed by atoms with Gasteiger partial charge in [0, 0.05) is 54.4 Å². The van der Waals surface area contributed by atoms with Crippen LogP contribution in [0.15, 0.2) is 47.9 Å². The molecule has 1 aliphatic rings. The summed E-state index contributed by atoms with van der Waals surface area (Å²) in [4.78, 5) is 36.0. The van der Waals surface area contributed by atoms with Crippen LogP contribution in [0.5, 0.6) is 0 Å². The Kier molecular flexibility index (Phi) is 8.28. The third-order valence-corrected chi connectivity index (χ3v) is 9.18. The molecule has 5 rings (SSSR count). The van der Waals surface area contributed by atoms with E-state index in [1.165, 1.54) is 24.5 Å². The Labute approximate surface area is 260 Å². The molecule has 1 fully saturated rings. The Bertz CT molecular complexity index is 1940. The number of nitrogens with zero attached hydrogens (tertiary/aromatic N) is 8. The highest BCUT2D eigenvalue weighted by atomic mass is 32.2. The van der Waals surface area contributed by atoms with Gasteiger partial charge in [0.15, 0.2) is 5.65 Å². The van der Waals surface area contributed by atoms with Crippen LogP contribution in [0.1, 0.15) is 47.0 Å². The lowest BCUT2D eigenvalue weighted by Gasteiger charge is -2.27. The van der Waals surface area contributed by atoms with E-state index < -0.39 is 27.8 Å². The number of aryl methyl sites for hydroxylation is 1. The van der Waals surface area contributed by atoms with Crippen LogP contribution >= 0.6 is 0 Å². The van der Waals surface area contributed by atoms with Crippen LogP contribution in [0, 0.1) is 11.3 Å². The first-order chi connectivity index (χ1) is 21.2. The molecule has 1 atom stereocenters. The predicted molar refractivity (Wildman–Crippen MR) is 165 cm³/mol. The summed E-state index contributed by atoms with van der Waals surface area (Å²) in [6, 6.07) is 6.99. The van der Waals surface area contributed by atoms with Crippen molar-refractivity contribution < 1.29 is 27.9 Å². The zero-order valence-electron chi connectivity index (χ0n) is 25.6. The maximum atomic E-state index is 13.8. The molecule has 1 amide bonds. The fourth-order valence-electron chi connectivity index (χ4n) is 5.22. The first-order valence-electron chi connectivity index (χ1n) is 14.3. The summed E-state index contributed by atoms with van der Waals surface area (Å²) in [6.45, 7) is 8.09. The van der Waals surface area contributed by atoms with Gasteiger partial charge in [0.05, 0.1) is 42.0 Å². The minimum absolute atomic E-state index is 0.0906. The average Bonchev–Trinajstić information content (AvgIpc) is 3.72. The number of amides is 1. The van der Waals surface area contributed by atoms with E-state index in [0.717, 1.165) is 31.0 Å². The molecule has 15 heteroatoms. The zero-order valence-corrected chi connectivity index (χ0v) is 26.4. The van der Waals surface area contributed by atoms with E-state index in [1.807, 2.05) is 6.07 Å². The van der Waals surface area contributed by atoms with Crippen molar-refractivity contribution in [2.24, 2.45) is 0 Å². The Morgan fingerprint density at radius 1 is 1.18 bits per heavy atom. The smallest absolute Gasteiger partial charge is 0.424 e. The molecule has 0 spiro atoms. The van der Waals surface area contributed by atoms with Crippen molar-refractivity contribution in [3.8, 4) is 28.5 Å². The lowest BCUT2D eigenvalue weighted by Crippen LogP contribution is -2.38. The van der Waals surface area contributed by atoms with Crippen LogP contribution in [0.2, 0.25) is 0 Å². The minimum atomic E-state index is -4.35. The van der Waals surface area contributed by atoms with Crippen molar-refractivity contribution in [1.82, 2.24) is 28.6 Å². The molecule has 4 heterocycles. The monoisotopic (exact) mass is 634 g/mol. The number of sulfonamides is 1. The van der Waals surface area contributed by atoms with Crippen LogP contribution in [0.25, 0.3) is 33.5 Å². The van der Waals surface area contributed by atoms with E-state index in [0.29, 0.717) is 38.9 Å². The number of aromatic nitrogens is 5. The van der Waals surface area contributed by atoms with Gasteiger partial charge in [-0.25, -0.2) is 36.8 Å². The van der Waals surface area contributed by atoms with Crippen molar-refractivity contribution in [3.63, 3.8) is 0 Å². The number of ether oxygens (including phenoxy) is 1. The summed E-state index contributed by atoms with van der Waals surface area (Å²) in [5, 5.41) is 23.0. The van der Waals surface area contributed by atoms with Crippen LogP contribution in [0.4, 0.5) is 15.3 Å². The number of rotatable bonds is 7. The van der Waals surface area contributed by atoms with Crippen molar-refractivity contribution >= 4 is 39.1 Å². The summed E-state index contributed by atoms with van der Waals surface area (Å²) < 4.78 is 36.0. The number of nitriles is 1.